The Hall–Kier alpha value is -2.15. The van der Waals surface area contributed by atoms with E-state index >= 15 is 0 Å². The van der Waals surface area contributed by atoms with Crippen LogP contribution in [0, 0.1) is 11.6 Å². The SMILES string of the molecule is COc1ccc([C@H](C)NC(=O)[C@H](C)Oc2ccc(F)cc2Br)cc1F. The van der Waals surface area contributed by atoms with Gasteiger partial charge in [-0.1, -0.05) is 6.07 Å². The lowest BCUT2D eigenvalue weighted by molar-refractivity contribution is -0.127. The van der Waals surface area contributed by atoms with Crippen molar-refractivity contribution in [2.75, 3.05) is 7.11 Å². The van der Waals surface area contributed by atoms with E-state index in [4.69, 9.17) is 9.47 Å². The highest BCUT2D eigenvalue weighted by Crippen LogP contribution is 2.27. The third kappa shape index (κ3) is 4.92. The average Bonchev–Trinajstić information content (AvgIpc) is 2.57. The van der Waals surface area contributed by atoms with Crippen LogP contribution in [-0.2, 0) is 4.79 Å². The topological polar surface area (TPSA) is 47.6 Å². The first-order valence-electron chi connectivity index (χ1n) is 7.57. The summed E-state index contributed by atoms with van der Waals surface area (Å²) in [7, 11) is 1.38. The molecular weight excluding hydrogens is 396 g/mol. The molecule has 0 saturated heterocycles. The second kappa shape index (κ2) is 8.29. The molecular formula is C18H18BrF2NO3. The van der Waals surface area contributed by atoms with Crippen LogP contribution in [0.1, 0.15) is 25.5 Å². The van der Waals surface area contributed by atoms with Gasteiger partial charge in [-0.25, -0.2) is 8.78 Å². The number of hydrogen-bond acceptors (Lipinski definition) is 3. The minimum Gasteiger partial charge on any atom is -0.494 e. The standard InChI is InChI=1S/C18H18BrF2NO3/c1-10(12-4-6-17(24-3)15(21)8-12)22-18(23)11(2)25-16-7-5-13(20)9-14(16)19/h4-11H,1-3H3,(H,22,23)/t10-,11-/m0/s1. The first-order chi connectivity index (χ1) is 11.8. The first kappa shape index (κ1) is 19.2. The maximum Gasteiger partial charge on any atom is 0.261 e. The van der Waals surface area contributed by atoms with Gasteiger partial charge in [0.05, 0.1) is 17.6 Å². The summed E-state index contributed by atoms with van der Waals surface area (Å²) < 4.78 is 37.7. The van der Waals surface area contributed by atoms with E-state index in [9.17, 15) is 13.6 Å². The number of carbonyl (C=O) groups is 1. The van der Waals surface area contributed by atoms with Gasteiger partial charge in [-0.05, 0) is 65.7 Å². The van der Waals surface area contributed by atoms with Crippen molar-refractivity contribution in [3.63, 3.8) is 0 Å². The van der Waals surface area contributed by atoms with Crippen LogP contribution in [0.5, 0.6) is 11.5 Å². The summed E-state index contributed by atoms with van der Waals surface area (Å²) in [6.45, 7) is 3.31. The zero-order chi connectivity index (χ0) is 18.6. The largest absolute Gasteiger partial charge is 0.494 e. The maximum atomic E-state index is 13.8. The molecule has 2 atom stereocenters. The van der Waals surface area contributed by atoms with Crippen molar-refractivity contribution >= 4 is 21.8 Å². The molecule has 0 saturated carbocycles. The van der Waals surface area contributed by atoms with Crippen LogP contribution in [0.15, 0.2) is 40.9 Å². The van der Waals surface area contributed by atoms with E-state index in [1.807, 2.05) is 0 Å². The summed E-state index contributed by atoms with van der Waals surface area (Å²) >= 11 is 3.18. The van der Waals surface area contributed by atoms with Crippen molar-refractivity contribution in [2.24, 2.45) is 0 Å². The van der Waals surface area contributed by atoms with Gasteiger partial charge < -0.3 is 14.8 Å². The van der Waals surface area contributed by atoms with Crippen molar-refractivity contribution in [1.29, 1.82) is 0 Å². The average molecular weight is 414 g/mol. The smallest absolute Gasteiger partial charge is 0.261 e. The Bertz CT molecular complexity index is 770. The van der Waals surface area contributed by atoms with Crippen LogP contribution in [0.3, 0.4) is 0 Å². The monoisotopic (exact) mass is 413 g/mol. The van der Waals surface area contributed by atoms with E-state index in [2.05, 4.69) is 21.2 Å². The number of nitrogens with one attached hydrogen (secondary N) is 1. The summed E-state index contributed by atoms with van der Waals surface area (Å²) in [5.41, 5.74) is 0.599. The summed E-state index contributed by atoms with van der Waals surface area (Å²) in [5, 5.41) is 2.75. The van der Waals surface area contributed by atoms with Gasteiger partial charge in [0, 0.05) is 0 Å². The number of carbonyl (C=O) groups excluding carboxylic acids is 1. The number of methoxy groups -OCH3 is 1. The Balaban J connectivity index is 2.01. The van der Waals surface area contributed by atoms with Crippen molar-refractivity contribution in [2.45, 2.75) is 26.0 Å². The predicted octanol–water partition coefficient (Wildman–Crippen LogP) is 4.38. The van der Waals surface area contributed by atoms with Crippen LogP contribution >= 0.6 is 15.9 Å². The molecule has 0 aliphatic rings. The molecule has 2 aromatic carbocycles. The Morgan fingerprint density at radius 3 is 2.40 bits per heavy atom. The lowest BCUT2D eigenvalue weighted by atomic mass is 10.1. The molecule has 0 fully saturated rings. The lowest BCUT2D eigenvalue weighted by Crippen LogP contribution is -2.37. The number of hydrogen-bond donors (Lipinski definition) is 1. The molecule has 0 unspecified atom stereocenters. The van der Waals surface area contributed by atoms with Crippen LogP contribution in [0.25, 0.3) is 0 Å². The van der Waals surface area contributed by atoms with Gasteiger partial charge in [0.1, 0.15) is 11.6 Å². The second-order valence-electron chi connectivity index (χ2n) is 5.46. The molecule has 1 N–H and O–H groups in total. The minimum absolute atomic E-state index is 0.139. The van der Waals surface area contributed by atoms with E-state index in [0.717, 1.165) is 0 Å². The number of ether oxygens (including phenoxy) is 2. The Labute approximate surface area is 153 Å². The molecule has 25 heavy (non-hydrogen) atoms. The molecule has 134 valence electrons. The molecule has 0 spiro atoms. The molecule has 2 rings (SSSR count). The van der Waals surface area contributed by atoms with Gasteiger partial charge in [0.2, 0.25) is 0 Å². The third-order valence-corrected chi connectivity index (χ3v) is 4.22. The van der Waals surface area contributed by atoms with Crippen molar-refractivity contribution in [3.05, 3.63) is 58.1 Å². The quantitative estimate of drug-likeness (QED) is 0.764. The Morgan fingerprint density at radius 1 is 1.12 bits per heavy atom. The molecule has 4 nitrogen and oxygen atoms in total. The number of halogens is 3. The maximum absolute atomic E-state index is 13.8. The van der Waals surface area contributed by atoms with Crippen molar-refractivity contribution in [3.8, 4) is 11.5 Å². The predicted molar refractivity (Wildman–Crippen MR) is 93.7 cm³/mol. The molecule has 7 heteroatoms. The van der Waals surface area contributed by atoms with E-state index in [1.165, 1.54) is 37.4 Å². The molecule has 0 bridgehead atoms. The minimum atomic E-state index is -0.813. The van der Waals surface area contributed by atoms with Gasteiger partial charge in [0.25, 0.3) is 5.91 Å². The lowest BCUT2D eigenvalue weighted by Gasteiger charge is -2.20. The highest BCUT2D eigenvalue weighted by molar-refractivity contribution is 9.10. The van der Waals surface area contributed by atoms with Crippen LogP contribution in [0.4, 0.5) is 8.78 Å². The van der Waals surface area contributed by atoms with Crippen LogP contribution in [-0.4, -0.2) is 19.1 Å². The fourth-order valence-electron chi connectivity index (χ4n) is 2.18. The fourth-order valence-corrected chi connectivity index (χ4v) is 2.63. The van der Waals surface area contributed by atoms with Gasteiger partial charge >= 0.3 is 0 Å². The Kier molecular flexibility index (Phi) is 6.36. The summed E-state index contributed by atoms with van der Waals surface area (Å²) in [6, 6.07) is 8.00. The highest BCUT2D eigenvalue weighted by Gasteiger charge is 2.19. The molecule has 0 radical (unpaired) electrons. The van der Waals surface area contributed by atoms with E-state index in [1.54, 1.807) is 19.9 Å². The van der Waals surface area contributed by atoms with E-state index < -0.39 is 23.8 Å². The van der Waals surface area contributed by atoms with Crippen molar-refractivity contribution in [1.82, 2.24) is 5.32 Å². The summed E-state index contributed by atoms with van der Waals surface area (Å²) in [6.07, 6.45) is -0.813. The van der Waals surface area contributed by atoms with Crippen molar-refractivity contribution < 1.29 is 23.0 Å². The summed E-state index contributed by atoms with van der Waals surface area (Å²) in [5.74, 6) is -0.792. The molecule has 1 amide bonds. The molecule has 0 heterocycles. The molecule has 0 aromatic heterocycles. The molecule has 0 aliphatic carbocycles. The molecule has 0 aliphatic heterocycles. The third-order valence-electron chi connectivity index (χ3n) is 3.60. The fraction of sp³-hybridized carbons (Fsp3) is 0.278. The summed E-state index contributed by atoms with van der Waals surface area (Å²) in [4.78, 5) is 12.3. The molecule has 2 aromatic rings. The second-order valence-corrected chi connectivity index (χ2v) is 6.31. The number of amides is 1. The normalized spacial score (nSPS) is 13.0. The first-order valence-corrected chi connectivity index (χ1v) is 8.36. The van der Waals surface area contributed by atoms with Crippen LogP contribution < -0.4 is 14.8 Å². The van der Waals surface area contributed by atoms with Gasteiger partial charge in [0.15, 0.2) is 17.7 Å². The van der Waals surface area contributed by atoms with E-state index in [-0.39, 0.29) is 11.7 Å². The highest BCUT2D eigenvalue weighted by atomic mass is 79.9. The van der Waals surface area contributed by atoms with E-state index in [0.29, 0.717) is 15.8 Å². The zero-order valence-electron chi connectivity index (χ0n) is 14.0. The van der Waals surface area contributed by atoms with Gasteiger partial charge in [-0.15, -0.1) is 0 Å². The van der Waals surface area contributed by atoms with Gasteiger partial charge in [-0.2, -0.15) is 0 Å². The van der Waals surface area contributed by atoms with Crippen LogP contribution in [0.2, 0.25) is 0 Å². The zero-order valence-corrected chi connectivity index (χ0v) is 15.6. The van der Waals surface area contributed by atoms with Gasteiger partial charge in [-0.3, -0.25) is 4.79 Å². The Morgan fingerprint density at radius 2 is 1.80 bits per heavy atom. The number of rotatable bonds is 6. The number of benzene rings is 2.